The Bertz CT molecular complexity index is 1220. The van der Waals surface area contributed by atoms with E-state index in [1.807, 2.05) is 88.4 Å². The lowest BCUT2D eigenvalue weighted by Gasteiger charge is -2.36. The van der Waals surface area contributed by atoms with Gasteiger partial charge in [-0.15, -0.1) is 0 Å². The molecule has 1 unspecified atom stereocenters. The molecule has 4 rings (SSSR count). The second kappa shape index (κ2) is 12.7. The first-order chi connectivity index (χ1) is 18.7. The summed E-state index contributed by atoms with van der Waals surface area (Å²) in [5.41, 5.74) is 2.52. The molecule has 3 aromatic rings. The van der Waals surface area contributed by atoms with Gasteiger partial charge in [-0.2, -0.15) is 0 Å². The van der Waals surface area contributed by atoms with Crippen LogP contribution in [0, 0.1) is 17.8 Å². The highest BCUT2D eigenvalue weighted by molar-refractivity contribution is 5.95. The van der Waals surface area contributed by atoms with Crippen LogP contribution in [0.4, 0.5) is 0 Å². The molecule has 1 fully saturated rings. The van der Waals surface area contributed by atoms with Gasteiger partial charge < -0.3 is 20.1 Å². The Morgan fingerprint density at radius 3 is 2.13 bits per heavy atom. The molecule has 208 valence electrons. The monoisotopic (exact) mass is 531 g/mol. The number of imidazole rings is 1. The van der Waals surface area contributed by atoms with Crippen molar-refractivity contribution in [3.63, 3.8) is 0 Å². The van der Waals surface area contributed by atoms with Crippen molar-refractivity contribution in [2.45, 2.75) is 77.7 Å². The fraction of sp³-hybridized carbons (Fsp3) is 0.469. The minimum absolute atomic E-state index is 0.0137. The summed E-state index contributed by atoms with van der Waals surface area (Å²) in [7, 11) is 0. The van der Waals surface area contributed by atoms with Gasteiger partial charge in [0.1, 0.15) is 17.7 Å². The van der Waals surface area contributed by atoms with Crippen LogP contribution in [0.15, 0.2) is 66.9 Å². The molecular formula is C32H41N3O4. The molecule has 1 aliphatic rings. The third-order valence-electron chi connectivity index (χ3n) is 7.87. The Kier molecular flexibility index (Phi) is 9.36. The Hall–Kier alpha value is -3.29. The molecule has 7 nitrogen and oxygen atoms in total. The van der Waals surface area contributed by atoms with Gasteiger partial charge in [0.25, 0.3) is 0 Å². The third kappa shape index (κ3) is 6.84. The van der Waals surface area contributed by atoms with Gasteiger partial charge in [-0.3, -0.25) is 9.59 Å². The highest BCUT2D eigenvalue weighted by Gasteiger charge is 2.45. The number of aliphatic hydroxyl groups is 2. The molecular weight excluding hydrogens is 490 g/mol. The maximum Gasteiger partial charge on any atom is 0.228 e. The van der Waals surface area contributed by atoms with E-state index >= 15 is 0 Å². The summed E-state index contributed by atoms with van der Waals surface area (Å²) in [5.74, 6) is -0.0694. The molecule has 0 spiro atoms. The van der Waals surface area contributed by atoms with Crippen LogP contribution in [0.5, 0.6) is 0 Å². The van der Waals surface area contributed by atoms with E-state index in [2.05, 4.69) is 9.97 Å². The number of carbonyl (C=O) groups excluding carboxylic acids is 2. The quantitative estimate of drug-likeness (QED) is 0.292. The predicted octanol–water partition coefficient (Wildman–Crippen LogP) is 4.76. The topological polar surface area (TPSA) is 107 Å². The van der Waals surface area contributed by atoms with Crippen LogP contribution in [0.3, 0.4) is 0 Å². The first-order valence-electron chi connectivity index (χ1n) is 14.0. The normalized spacial score (nSPS) is 20.0. The van der Waals surface area contributed by atoms with Crippen molar-refractivity contribution in [2.75, 3.05) is 0 Å². The number of likely N-dealkylation sites (tertiary alicyclic amines) is 1. The van der Waals surface area contributed by atoms with Gasteiger partial charge in [0, 0.05) is 24.2 Å². The van der Waals surface area contributed by atoms with Crippen LogP contribution in [0.1, 0.15) is 73.9 Å². The van der Waals surface area contributed by atoms with E-state index in [9.17, 15) is 19.8 Å². The number of carbonyl (C=O) groups is 2. The SMILES string of the molecule is CC(C)C(=O)c1cnc([C@H](Cc2ccccc2)C[C@H](O)[C@H](Cc2ccccc2)N2C(=O)[C@H](C(C)C)CC2O)[nH]1. The average Bonchev–Trinajstić information content (AvgIpc) is 3.52. The van der Waals surface area contributed by atoms with Gasteiger partial charge in [-0.1, -0.05) is 88.4 Å². The molecule has 1 aromatic heterocycles. The van der Waals surface area contributed by atoms with Crippen LogP contribution >= 0.6 is 0 Å². The van der Waals surface area contributed by atoms with Crippen molar-refractivity contribution >= 4 is 11.7 Å². The smallest absolute Gasteiger partial charge is 0.228 e. The lowest BCUT2D eigenvalue weighted by atomic mass is 9.88. The summed E-state index contributed by atoms with van der Waals surface area (Å²) in [5, 5.41) is 22.8. The lowest BCUT2D eigenvalue weighted by molar-refractivity contribution is -0.143. The van der Waals surface area contributed by atoms with Gasteiger partial charge >= 0.3 is 0 Å². The number of H-pyrrole nitrogens is 1. The van der Waals surface area contributed by atoms with Crippen molar-refractivity contribution in [1.29, 1.82) is 0 Å². The number of aromatic amines is 1. The van der Waals surface area contributed by atoms with Crippen molar-refractivity contribution in [2.24, 2.45) is 17.8 Å². The number of aliphatic hydroxyl groups excluding tert-OH is 2. The maximum atomic E-state index is 13.5. The van der Waals surface area contributed by atoms with E-state index in [1.54, 1.807) is 6.20 Å². The number of nitrogens with one attached hydrogen (secondary N) is 1. The van der Waals surface area contributed by atoms with Crippen molar-refractivity contribution in [3.8, 4) is 0 Å². The minimum Gasteiger partial charge on any atom is -0.391 e. The van der Waals surface area contributed by atoms with Gasteiger partial charge in [0.05, 0.1) is 18.3 Å². The van der Waals surface area contributed by atoms with Crippen LogP contribution in [-0.4, -0.2) is 55.1 Å². The Morgan fingerprint density at radius 1 is 1.00 bits per heavy atom. The van der Waals surface area contributed by atoms with Gasteiger partial charge in [-0.05, 0) is 36.3 Å². The standard InChI is InChI=1S/C32H41N3O4/c1-20(2)25-18-29(37)35(32(25)39)27(16-23-13-9-6-10-14-23)28(36)17-24(15-22-11-7-5-8-12-22)31-33-19-26(34-31)30(38)21(3)4/h5-14,19-21,24-25,27-29,36-37H,15-18H2,1-4H3,(H,33,34)/t24-,25+,27+,28+,29?/m1/s1. The molecule has 1 saturated heterocycles. The maximum absolute atomic E-state index is 13.5. The van der Waals surface area contributed by atoms with Gasteiger partial charge in [-0.25, -0.2) is 4.98 Å². The molecule has 39 heavy (non-hydrogen) atoms. The third-order valence-corrected chi connectivity index (χ3v) is 7.87. The van der Waals surface area contributed by atoms with Crippen LogP contribution in [0.25, 0.3) is 0 Å². The number of benzene rings is 2. The molecule has 2 aromatic carbocycles. The summed E-state index contributed by atoms with van der Waals surface area (Å²) in [6.07, 6.45) is 1.38. The minimum atomic E-state index is -0.945. The molecule has 1 aliphatic heterocycles. The summed E-state index contributed by atoms with van der Waals surface area (Å²) < 4.78 is 0. The van der Waals surface area contributed by atoms with Crippen molar-refractivity contribution in [1.82, 2.24) is 14.9 Å². The molecule has 0 saturated carbocycles. The first kappa shape index (κ1) is 28.7. The number of rotatable bonds is 12. The van der Waals surface area contributed by atoms with Gasteiger partial charge in [0.2, 0.25) is 5.91 Å². The van der Waals surface area contributed by atoms with E-state index in [-0.39, 0.29) is 35.4 Å². The van der Waals surface area contributed by atoms with Crippen molar-refractivity contribution in [3.05, 3.63) is 89.5 Å². The van der Waals surface area contributed by atoms with Crippen LogP contribution in [-0.2, 0) is 17.6 Å². The molecule has 0 aliphatic carbocycles. The second-order valence-corrected chi connectivity index (χ2v) is 11.5. The number of aromatic nitrogens is 2. The summed E-state index contributed by atoms with van der Waals surface area (Å²) in [6.45, 7) is 7.69. The van der Waals surface area contributed by atoms with E-state index in [4.69, 9.17) is 0 Å². The number of hydrogen-bond acceptors (Lipinski definition) is 5. The van der Waals surface area contributed by atoms with Gasteiger partial charge in [0.15, 0.2) is 5.78 Å². The first-order valence-corrected chi connectivity index (χ1v) is 14.0. The molecule has 0 radical (unpaired) electrons. The molecule has 2 heterocycles. The number of amides is 1. The summed E-state index contributed by atoms with van der Waals surface area (Å²) >= 11 is 0. The molecule has 3 N–H and O–H groups in total. The number of Topliss-reactive ketones (excluding diaryl/α,β-unsaturated/α-hetero) is 1. The van der Waals surface area contributed by atoms with E-state index in [0.29, 0.717) is 37.2 Å². The van der Waals surface area contributed by atoms with Crippen LogP contribution in [0.2, 0.25) is 0 Å². The fourth-order valence-electron chi connectivity index (χ4n) is 5.62. The van der Waals surface area contributed by atoms with Crippen LogP contribution < -0.4 is 0 Å². The lowest BCUT2D eigenvalue weighted by Crippen LogP contribution is -2.50. The number of nitrogens with zero attached hydrogens (tertiary/aromatic N) is 2. The highest BCUT2D eigenvalue weighted by atomic mass is 16.3. The highest BCUT2D eigenvalue weighted by Crippen LogP contribution is 2.35. The fourth-order valence-corrected chi connectivity index (χ4v) is 5.62. The zero-order chi connectivity index (χ0) is 28.1. The Balaban J connectivity index is 1.65. The zero-order valence-corrected chi connectivity index (χ0v) is 23.3. The second-order valence-electron chi connectivity index (χ2n) is 11.5. The summed E-state index contributed by atoms with van der Waals surface area (Å²) in [4.78, 5) is 35.4. The molecule has 7 heteroatoms. The largest absolute Gasteiger partial charge is 0.391 e. The molecule has 1 amide bonds. The van der Waals surface area contributed by atoms with E-state index < -0.39 is 18.4 Å². The van der Waals surface area contributed by atoms with E-state index in [0.717, 1.165) is 11.1 Å². The molecule has 0 bridgehead atoms. The Labute approximate surface area is 231 Å². The molecule has 5 atom stereocenters. The number of hydrogen-bond donors (Lipinski definition) is 3. The number of ketones is 1. The summed E-state index contributed by atoms with van der Waals surface area (Å²) in [6, 6.07) is 19.1. The predicted molar refractivity (Wildman–Crippen MR) is 151 cm³/mol. The average molecular weight is 532 g/mol. The zero-order valence-electron chi connectivity index (χ0n) is 23.3. The Morgan fingerprint density at radius 2 is 1.59 bits per heavy atom. The van der Waals surface area contributed by atoms with Crippen molar-refractivity contribution < 1.29 is 19.8 Å². The van der Waals surface area contributed by atoms with E-state index in [1.165, 1.54) is 4.90 Å².